The van der Waals surface area contributed by atoms with Crippen LogP contribution in [0.25, 0.3) is 0 Å². The maximum atomic E-state index is 5.61. The van der Waals surface area contributed by atoms with E-state index in [9.17, 15) is 0 Å². The van der Waals surface area contributed by atoms with Gasteiger partial charge in [-0.05, 0) is 37.5 Å². The van der Waals surface area contributed by atoms with Gasteiger partial charge in [0.05, 0.1) is 7.11 Å². The van der Waals surface area contributed by atoms with Crippen molar-refractivity contribution in [1.82, 2.24) is 10.2 Å². The zero-order valence-electron chi connectivity index (χ0n) is 13.5. The molecule has 0 aliphatic carbocycles. The molecule has 1 saturated heterocycles. The number of hydrogen-bond acceptors (Lipinski definition) is 3. The molecule has 3 heteroatoms. The SMILES string of the molecule is COc1ccc(C(C)C)cc1C(C)(C)N1CCNCC1. The van der Waals surface area contributed by atoms with E-state index >= 15 is 0 Å². The highest BCUT2D eigenvalue weighted by molar-refractivity contribution is 5.42. The summed E-state index contributed by atoms with van der Waals surface area (Å²) in [7, 11) is 1.77. The molecule has 0 saturated carbocycles. The fraction of sp³-hybridized carbons (Fsp3) is 0.647. The maximum Gasteiger partial charge on any atom is 0.123 e. The van der Waals surface area contributed by atoms with Gasteiger partial charge >= 0.3 is 0 Å². The lowest BCUT2D eigenvalue weighted by atomic mass is 9.87. The highest BCUT2D eigenvalue weighted by atomic mass is 16.5. The topological polar surface area (TPSA) is 24.5 Å². The summed E-state index contributed by atoms with van der Waals surface area (Å²) in [6, 6.07) is 6.63. The Balaban J connectivity index is 2.39. The fourth-order valence-electron chi connectivity index (χ4n) is 2.96. The van der Waals surface area contributed by atoms with Crippen LogP contribution in [0.5, 0.6) is 5.75 Å². The smallest absolute Gasteiger partial charge is 0.123 e. The molecule has 0 aromatic heterocycles. The van der Waals surface area contributed by atoms with Gasteiger partial charge in [-0.3, -0.25) is 4.90 Å². The Hall–Kier alpha value is -1.06. The number of methoxy groups -OCH3 is 1. The lowest BCUT2D eigenvalue weighted by Crippen LogP contribution is -2.51. The minimum absolute atomic E-state index is 0.00164. The lowest BCUT2D eigenvalue weighted by molar-refractivity contribution is 0.0999. The number of nitrogens with zero attached hydrogens (tertiary/aromatic N) is 1. The second kappa shape index (κ2) is 6.15. The molecule has 0 amide bonds. The minimum atomic E-state index is -0.00164. The quantitative estimate of drug-likeness (QED) is 0.915. The zero-order chi connectivity index (χ0) is 14.8. The highest BCUT2D eigenvalue weighted by Gasteiger charge is 2.32. The summed E-state index contributed by atoms with van der Waals surface area (Å²) in [6.45, 7) is 13.4. The largest absolute Gasteiger partial charge is 0.496 e. The number of rotatable bonds is 4. The Bertz CT molecular complexity index is 448. The molecule has 0 bridgehead atoms. The average molecular weight is 276 g/mol. The van der Waals surface area contributed by atoms with E-state index in [1.807, 2.05) is 0 Å². The first kappa shape index (κ1) is 15.3. The summed E-state index contributed by atoms with van der Waals surface area (Å²) < 4.78 is 5.61. The van der Waals surface area contributed by atoms with Crippen molar-refractivity contribution in [2.24, 2.45) is 0 Å². The third kappa shape index (κ3) is 2.99. The maximum absolute atomic E-state index is 5.61. The first-order chi connectivity index (χ1) is 9.46. The van der Waals surface area contributed by atoms with Gasteiger partial charge in [0, 0.05) is 37.3 Å². The summed E-state index contributed by atoms with van der Waals surface area (Å²) in [5, 5.41) is 3.42. The van der Waals surface area contributed by atoms with Crippen LogP contribution in [0.3, 0.4) is 0 Å². The van der Waals surface area contributed by atoms with E-state index in [4.69, 9.17) is 4.74 Å². The Morgan fingerprint density at radius 3 is 2.40 bits per heavy atom. The molecule has 1 aromatic carbocycles. The molecule has 1 N–H and O–H groups in total. The van der Waals surface area contributed by atoms with Gasteiger partial charge < -0.3 is 10.1 Å². The van der Waals surface area contributed by atoms with Crippen molar-refractivity contribution in [1.29, 1.82) is 0 Å². The normalized spacial score (nSPS) is 17.5. The third-order valence-electron chi connectivity index (χ3n) is 4.46. The molecule has 0 spiro atoms. The van der Waals surface area contributed by atoms with E-state index in [0.717, 1.165) is 31.9 Å². The predicted octanol–water partition coefficient (Wildman–Crippen LogP) is 2.96. The van der Waals surface area contributed by atoms with E-state index in [1.165, 1.54) is 11.1 Å². The second-order valence-electron chi connectivity index (χ2n) is 6.41. The van der Waals surface area contributed by atoms with Gasteiger partial charge in [0.25, 0.3) is 0 Å². The van der Waals surface area contributed by atoms with Crippen LogP contribution in [-0.2, 0) is 5.54 Å². The first-order valence-electron chi connectivity index (χ1n) is 7.61. The summed E-state index contributed by atoms with van der Waals surface area (Å²) in [5.41, 5.74) is 2.68. The van der Waals surface area contributed by atoms with Gasteiger partial charge in [-0.25, -0.2) is 0 Å². The standard InChI is InChI=1S/C17H28N2O/c1-13(2)14-6-7-16(20-5)15(12-14)17(3,4)19-10-8-18-9-11-19/h6-7,12-13,18H,8-11H2,1-5H3. The molecule has 20 heavy (non-hydrogen) atoms. The van der Waals surface area contributed by atoms with Crippen molar-refractivity contribution < 1.29 is 4.74 Å². The summed E-state index contributed by atoms with van der Waals surface area (Å²) in [5.74, 6) is 1.54. The number of piperazine rings is 1. The van der Waals surface area contributed by atoms with E-state index in [2.05, 4.69) is 56.1 Å². The van der Waals surface area contributed by atoms with Gasteiger partial charge in [-0.15, -0.1) is 0 Å². The molecule has 112 valence electrons. The molecule has 0 atom stereocenters. The Morgan fingerprint density at radius 2 is 1.85 bits per heavy atom. The molecule has 0 unspecified atom stereocenters. The average Bonchev–Trinajstić information content (AvgIpc) is 2.47. The lowest BCUT2D eigenvalue weighted by Gasteiger charge is -2.42. The van der Waals surface area contributed by atoms with Gasteiger partial charge in [-0.1, -0.05) is 19.9 Å². The van der Waals surface area contributed by atoms with Crippen molar-refractivity contribution in [3.05, 3.63) is 29.3 Å². The van der Waals surface area contributed by atoms with Gasteiger partial charge in [-0.2, -0.15) is 0 Å². The van der Waals surface area contributed by atoms with Crippen LogP contribution in [0.2, 0.25) is 0 Å². The molecular formula is C17H28N2O. The molecule has 1 aromatic rings. The van der Waals surface area contributed by atoms with E-state index in [0.29, 0.717) is 5.92 Å². The fourth-order valence-corrected chi connectivity index (χ4v) is 2.96. The summed E-state index contributed by atoms with van der Waals surface area (Å²) >= 11 is 0. The number of benzene rings is 1. The molecule has 0 radical (unpaired) electrons. The van der Waals surface area contributed by atoms with Gasteiger partial charge in [0.1, 0.15) is 5.75 Å². The van der Waals surface area contributed by atoms with Crippen molar-refractivity contribution in [3.63, 3.8) is 0 Å². The molecule has 2 rings (SSSR count). The van der Waals surface area contributed by atoms with Crippen LogP contribution in [0, 0.1) is 0 Å². The Morgan fingerprint density at radius 1 is 1.20 bits per heavy atom. The van der Waals surface area contributed by atoms with Crippen LogP contribution < -0.4 is 10.1 Å². The molecule has 1 aliphatic heterocycles. The predicted molar refractivity (Wildman–Crippen MR) is 84.6 cm³/mol. The van der Waals surface area contributed by atoms with Crippen molar-refractivity contribution >= 4 is 0 Å². The van der Waals surface area contributed by atoms with Crippen LogP contribution in [0.1, 0.15) is 44.7 Å². The Labute approximate surface area is 123 Å². The second-order valence-corrected chi connectivity index (χ2v) is 6.41. The van der Waals surface area contributed by atoms with Crippen molar-refractivity contribution in [2.75, 3.05) is 33.3 Å². The molecule has 1 fully saturated rings. The number of ether oxygens (including phenoxy) is 1. The zero-order valence-corrected chi connectivity index (χ0v) is 13.5. The van der Waals surface area contributed by atoms with Gasteiger partial charge in [0.15, 0.2) is 0 Å². The summed E-state index contributed by atoms with van der Waals surface area (Å²) in [6.07, 6.45) is 0. The van der Waals surface area contributed by atoms with Crippen molar-refractivity contribution in [2.45, 2.75) is 39.2 Å². The number of nitrogens with one attached hydrogen (secondary N) is 1. The minimum Gasteiger partial charge on any atom is -0.496 e. The van der Waals surface area contributed by atoms with Crippen LogP contribution in [-0.4, -0.2) is 38.2 Å². The molecular weight excluding hydrogens is 248 g/mol. The van der Waals surface area contributed by atoms with Crippen LogP contribution in [0.15, 0.2) is 18.2 Å². The monoisotopic (exact) mass is 276 g/mol. The van der Waals surface area contributed by atoms with E-state index in [-0.39, 0.29) is 5.54 Å². The highest BCUT2D eigenvalue weighted by Crippen LogP contribution is 2.36. The Kier molecular flexibility index (Phi) is 4.71. The van der Waals surface area contributed by atoms with Gasteiger partial charge in [0.2, 0.25) is 0 Å². The molecule has 1 heterocycles. The van der Waals surface area contributed by atoms with Crippen molar-refractivity contribution in [3.8, 4) is 5.75 Å². The molecule has 3 nitrogen and oxygen atoms in total. The number of hydrogen-bond donors (Lipinski definition) is 1. The summed E-state index contributed by atoms with van der Waals surface area (Å²) in [4.78, 5) is 2.55. The molecule has 1 aliphatic rings. The first-order valence-corrected chi connectivity index (χ1v) is 7.61. The van der Waals surface area contributed by atoms with Crippen LogP contribution in [0.4, 0.5) is 0 Å². The third-order valence-corrected chi connectivity index (χ3v) is 4.46. The van der Waals surface area contributed by atoms with E-state index in [1.54, 1.807) is 7.11 Å². The van der Waals surface area contributed by atoms with E-state index < -0.39 is 0 Å². The van der Waals surface area contributed by atoms with Crippen LogP contribution >= 0.6 is 0 Å².